The van der Waals surface area contributed by atoms with Crippen LogP contribution in [0.15, 0.2) is 0 Å². The molecule has 2 aliphatic heterocycles. The molecule has 0 aromatic carbocycles. The average molecular weight is 154 g/mol. The largest absolute Gasteiger partial charge is 0.299 e. The maximum Gasteiger partial charge on any atom is 0.0696 e. The van der Waals surface area contributed by atoms with E-state index in [0.29, 0.717) is 5.66 Å². The third-order valence-electron chi connectivity index (χ3n) is 2.87. The van der Waals surface area contributed by atoms with Gasteiger partial charge in [-0.15, -0.1) is 0 Å². The Morgan fingerprint density at radius 3 is 2.45 bits per heavy atom. The summed E-state index contributed by atoms with van der Waals surface area (Å²) in [6.07, 6.45) is 1.30. The van der Waals surface area contributed by atoms with Gasteiger partial charge in [0.05, 0.1) is 5.66 Å². The van der Waals surface area contributed by atoms with Crippen molar-refractivity contribution < 1.29 is 0 Å². The zero-order valence-electron chi connectivity index (χ0n) is 7.14. The predicted molar refractivity (Wildman–Crippen MR) is 44.5 cm³/mol. The average Bonchev–Trinajstić information content (AvgIpc) is 2.02. The number of hydrogen-bond donors (Lipinski definition) is 1. The zero-order chi connectivity index (χ0) is 7.73. The number of nitrogens with one attached hydrogen (secondary N) is 1. The van der Waals surface area contributed by atoms with Crippen LogP contribution < -0.4 is 10.6 Å². The van der Waals surface area contributed by atoms with Gasteiger partial charge in [-0.25, -0.2) is 5.32 Å². The molecule has 1 N–H and O–H groups in total. The van der Waals surface area contributed by atoms with E-state index >= 15 is 0 Å². The first-order chi connectivity index (χ1) is 5.31. The molecule has 0 amide bonds. The molecule has 0 saturated carbocycles. The van der Waals surface area contributed by atoms with Crippen molar-refractivity contribution in [3.63, 3.8) is 0 Å². The summed E-state index contributed by atoms with van der Waals surface area (Å²) in [4.78, 5) is 2.52. The van der Waals surface area contributed by atoms with Crippen LogP contribution in [0.2, 0.25) is 0 Å². The maximum absolute atomic E-state index is 4.33. The van der Waals surface area contributed by atoms with Crippen molar-refractivity contribution >= 4 is 0 Å². The Labute approximate surface area is 68.1 Å². The monoisotopic (exact) mass is 154 g/mol. The highest BCUT2D eigenvalue weighted by Crippen LogP contribution is 2.22. The van der Waals surface area contributed by atoms with Crippen LogP contribution in [-0.4, -0.2) is 43.3 Å². The number of hydrogen-bond acceptors (Lipinski definition) is 2. The normalized spacial score (nSPS) is 40.1. The van der Waals surface area contributed by atoms with E-state index in [2.05, 4.69) is 22.5 Å². The zero-order valence-corrected chi connectivity index (χ0v) is 7.14. The third kappa shape index (κ3) is 1.28. The summed E-state index contributed by atoms with van der Waals surface area (Å²) in [5.74, 6) is 0. The Morgan fingerprint density at radius 1 is 1.36 bits per heavy atom. The minimum absolute atomic E-state index is 0.315. The molecular formula is C8H16N3. The minimum Gasteiger partial charge on any atom is -0.299 e. The lowest BCUT2D eigenvalue weighted by atomic mass is 9.98. The van der Waals surface area contributed by atoms with Gasteiger partial charge in [0.2, 0.25) is 0 Å². The lowest BCUT2D eigenvalue weighted by Gasteiger charge is -2.50. The van der Waals surface area contributed by atoms with Crippen LogP contribution in [0.5, 0.6) is 0 Å². The van der Waals surface area contributed by atoms with Crippen molar-refractivity contribution in [1.29, 1.82) is 0 Å². The topological polar surface area (TPSA) is 29.4 Å². The van der Waals surface area contributed by atoms with Crippen LogP contribution in [0, 0.1) is 0 Å². The molecule has 2 saturated heterocycles. The highest BCUT2D eigenvalue weighted by Gasteiger charge is 2.37. The van der Waals surface area contributed by atoms with E-state index in [9.17, 15) is 0 Å². The van der Waals surface area contributed by atoms with Gasteiger partial charge in [0, 0.05) is 26.2 Å². The standard InChI is InChI=1S/C8H16N3/c1-8(2-3-10-8)11-6-4-9-5-7-11/h10H,2-7H2,1H3. The van der Waals surface area contributed by atoms with Crippen LogP contribution >= 0.6 is 0 Å². The molecule has 0 spiro atoms. The lowest BCUT2D eigenvalue weighted by molar-refractivity contribution is 0.00323. The molecule has 1 unspecified atom stereocenters. The first kappa shape index (κ1) is 7.53. The molecule has 2 heterocycles. The van der Waals surface area contributed by atoms with Crippen molar-refractivity contribution in [2.24, 2.45) is 0 Å². The SMILES string of the molecule is CC1(N2CC[N]CC2)CCN1. The Morgan fingerprint density at radius 2 is 2.00 bits per heavy atom. The summed E-state index contributed by atoms with van der Waals surface area (Å²) >= 11 is 0. The lowest BCUT2D eigenvalue weighted by Crippen LogP contribution is -2.67. The molecule has 2 fully saturated rings. The summed E-state index contributed by atoms with van der Waals surface area (Å²) in [6.45, 7) is 7.81. The second-order valence-electron chi connectivity index (χ2n) is 3.61. The van der Waals surface area contributed by atoms with Gasteiger partial charge in [0.25, 0.3) is 0 Å². The van der Waals surface area contributed by atoms with E-state index in [1.807, 2.05) is 0 Å². The molecule has 0 aromatic heterocycles. The third-order valence-corrected chi connectivity index (χ3v) is 2.87. The molecule has 2 rings (SSSR count). The summed E-state index contributed by atoms with van der Waals surface area (Å²) in [5.41, 5.74) is 0.315. The summed E-state index contributed by atoms with van der Waals surface area (Å²) in [6, 6.07) is 0. The van der Waals surface area contributed by atoms with Gasteiger partial charge < -0.3 is 0 Å². The fourth-order valence-corrected chi connectivity index (χ4v) is 1.86. The predicted octanol–water partition coefficient (Wildman–Crippen LogP) is -0.384. The molecule has 0 aliphatic carbocycles. The second-order valence-corrected chi connectivity index (χ2v) is 3.61. The van der Waals surface area contributed by atoms with Gasteiger partial charge in [-0.1, -0.05) is 0 Å². The number of piperazine rings is 1. The maximum atomic E-state index is 4.33. The second kappa shape index (κ2) is 2.73. The molecule has 0 bridgehead atoms. The van der Waals surface area contributed by atoms with Crippen molar-refractivity contribution in [1.82, 2.24) is 15.5 Å². The van der Waals surface area contributed by atoms with Crippen LogP contribution in [0.4, 0.5) is 0 Å². The molecule has 3 heteroatoms. The molecule has 2 aliphatic rings. The Bertz CT molecular complexity index is 136. The van der Waals surface area contributed by atoms with Crippen molar-refractivity contribution in [3.05, 3.63) is 0 Å². The molecule has 3 nitrogen and oxygen atoms in total. The van der Waals surface area contributed by atoms with E-state index in [0.717, 1.165) is 26.2 Å². The smallest absolute Gasteiger partial charge is 0.0696 e. The Balaban J connectivity index is 1.91. The molecule has 0 aromatic rings. The molecule has 63 valence electrons. The minimum atomic E-state index is 0.315. The molecule has 1 radical (unpaired) electrons. The molecule has 1 atom stereocenters. The molecular weight excluding hydrogens is 138 g/mol. The summed E-state index contributed by atoms with van der Waals surface area (Å²) in [7, 11) is 0. The molecule has 11 heavy (non-hydrogen) atoms. The van der Waals surface area contributed by atoms with Crippen LogP contribution in [-0.2, 0) is 0 Å². The van der Waals surface area contributed by atoms with Crippen molar-refractivity contribution in [3.8, 4) is 0 Å². The van der Waals surface area contributed by atoms with Crippen LogP contribution in [0.25, 0.3) is 0 Å². The van der Waals surface area contributed by atoms with Crippen molar-refractivity contribution in [2.45, 2.75) is 19.0 Å². The Kier molecular flexibility index (Phi) is 1.87. The van der Waals surface area contributed by atoms with Gasteiger partial charge >= 0.3 is 0 Å². The summed E-state index contributed by atoms with van der Waals surface area (Å²) < 4.78 is 0. The fraction of sp³-hybridized carbons (Fsp3) is 1.00. The Hall–Kier alpha value is -0.120. The van der Waals surface area contributed by atoms with E-state index in [-0.39, 0.29) is 0 Å². The van der Waals surface area contributed by atoms with Gasteiger partial charge in [-0.05, 0) is 19.9 Å². The van der Waals surface area contributed by atoms with Gasteiger partial charge in [0.15, 0.2) is 0 Å². The quantitative estimate of drug-likeness (QED) is 0.557. The van der Waals surface area contributed by atoms with E-state index in [1.165, 1.54) is 13.0 Å². The van der Waals surface area contributed by atoms with E-state index < -0.39 is 0 Å². The van der Waals surface area contributed by atoms with Crippen LogP contribution in [0.1, 0.15) is 13.3 Å². The highest BCUT2D eigenvalue weighted by molar-refractivity contribution is 4.93. The van der Waals surface area contributed by atoms with Gasteiger partial charge in [-0.3, -0.25) is 10.2 Å². The first-order valence-corrected chi connectivity index (χ1v) is 4.45. The first-order valence-electron chi connectivity index (χ1n) is 4.45. The van der Waals surface area contributed by atoms with Crippen molar-refractivity contribution in [2.75, 3.05) is 32.7 Å². The fourth-order valence-electron chi connectivity index (χ4n) is 1.86. The summed E-state index contributed by atoms with van der Waals surface area (Å²) in [5, 5.41) is 7.81. The van der Waals surface area contributed by atoms with E-state index in [1.54, 1.807) is 0 Å². The number of nitrogens with zero attached hydrogens (tertiary/aromatic N) is 2. The number of rotatable bonds is 1. The van der Waals surface area contributed by atoms with Crippen LogP contribution in [0.3, 0.4) is 0 Å². The van der Waals surface area contributed by atoms with Gasteiger partial charge in [0.1, 0.15) is 0 Å². The highest BCUT2D eigenvalue weighted by atomic mass is 15.4. The van der Waals surface area contributed by atoms with Gasteiger partial charge in [-0.2, -0.15) is 0 Å². The van der Waals surface area contributed by atoms with E-state index in [4.69, 9.17) is 0 Å².